The lowest BCUT2D eigenvalue weighted by molar-refractivity contribution is -0.132. The molecule has 0 aromatic rings. The van der Waals surface area contributed by atoms with Crippen LogP contribution in [-0.4, -0.2) is 31.2 Å². The molecule has 2 fully saturated rings. The first-order chi connectivity index (χ1) is 7.70. The van der Waals surface area contributed by atoms with Gasteiger partial charge in [0, 0.05) is 13.1 Å². The highest BCUT2D eigenvalue weighted by Gasteiger charge is 2.31. The number of nitrogens with one attached hydrogen (secondary N) is 1. The summed E-state index contributed by atoms with van der Waals surface area (Å²) in [6, 6.07) is 0. The highest BCUT2D eigenvalue weighted by molar-refractivity contribution is 5.81. The first-order valence-corrected chi connectivity index (χ1v) is 6.34. The van der Waals surface area contributed by atoms with Crippen LogP contribution < -0.4 is 11.1 Å². The van der Waals surface area contributed by atoms with Crippen LogP contribution in [0.4, 0.5) is 0 Å². The quantitative estimate of drug-likeness (QED) is 0.723. The lowest BCUT2D eigenvalue weighted by Gasteiger charge is -2.15. The Kier molecular flexibility index (Phi) is 3.82. The van der Waals surface area contributed by atoms with E-state index in [-0.39, 0.29) is 18.1 Å². The molecule has 1 aliphatic carbocycles. The van der Waals surface area contributed by atoms with Crippen LogP contribution in [0.2, 0.25) is 0 Å². The summed E-state index contributed by atoms with van der Waals surface area (Å²) in [5.74, 6) is 1.49. The third-order valence-corrected chi connectivity index (χ3v) is 3.69. The number of amides is 1. The summed E-state index contributed by atoms with van der Waals surface area (Å²) < 4.78 is 5.54. The van der Waals surface area contributed by atoms with E-state index in [9.17, 15) is 4.79 Å². The number of rotatable bonds is 5. The number of hydrogen-bond donors (Lipinski definition) is 2. The van der Waals surface area contributed by atoms with Crippen molar-refractivity contribution in [2.45, 2.75) is 44.8 Å². The fourth-order valence-electron chi connectivity index (χ4n) is 2.28. The van der Waals surface area contributed by atoms with E-state index in [2.05, 4.69) is 12.2 Å². The second-order valence-corrected chi connectivity index (χ2v) is 5.12. The predicted octanol–water partition coefficient (Wildman–Crippen LogP) is 0.655. The van der Waals surface area contributed by atoms with Gasteiger partial charge >= 0.3 is 0 Å². The van der Waals surface area contributed by atoms with E-state index < -0.39 is 0 Å². The third kappa shape index (κ3) is 2.95. The average Bonchev–Trinajstić information content (AvgIpc) is 3.03. The Morgan fingerprint density at radius 2 is 2.19 bits per heavy atom. The standard InChI is InChI=1S/C12H22N2O2/c1-8(9-2-3-9)7-14-12(15)11-5-4-10(6-13)16-11/h8-11H,2-7,13H2,1H3,(H,14,15). The Balaban J connectivity index is 1.67. The van der Waals surface area contributed by atoms with Crippen LogP contribution in [0.25, 0.3) is 0 Å². The summed E-state index contributed by atoms with van der Waals surface area (Å²) in [6.07, 6.45) is 4.19. The molecule has 0 radical (unpaired) electrons. The van der Waals surface area contributed by atoms with E-state index in [1.54, 1.807) is 0 Å². The zero-order valence-electron chi connectivity index (χ0n) is 9.95. The van der Waals surface area contributed by atoms with Gasteiger partial charge in [0.25, 0.3) is 0 Å². The second kappa shape index (κ2) is 5.15. The SMILES string of the molecule is CC(CNC(=O)C1CCC(CN)O1)C1CC1. The molecule has 1 saturated heterocycles. The number of carbonyl (C=O) groups is 1. The first kappa shape index (κ1) is 11.9. The minimum absolute atomic E-state index is 0.0449. The minimum Gasteiger partial charge on any atom is -0.364 e. The summed E-state index contributed by atoms with van der Waals surface area (Å²) in [6.45, 7) is 3.51. The fourth-order valence-corrected chi connectivity index (χ4v) is 2.28. The molecule has 16 heavy (non-hydrogen) atoms. The van der Waals surface area contributed by atoms with Gasteiger partial charge in [0.05, 0.1) is 6.10 Å². The molecule has 0 spiro atoms. The van der Waals surface area contributed by atoms with Crippen molar-refractivity contribution in [2.24, 2.45) is 17.6 Å². The Morgan fingerprint density at radius 3 is 2.75 bits per heavy atom. The van der Waals surface area contributed by atoms with Crippen LogP contribution in [0.15, 0.2) is 0 Å². The molecule has 1 aliphatic heterocycles. The van der Waals surface area contributed by atoms with Gasteiger partial charge in [-0.25, -0.2) is 0 Å². The Morgan fingerprint density at radius 1 is 1.44 bits per heavy atom. The maximum absolute atomic E-state index is 11.8. The van der Waals surface area contributed by atoms with Gasteiger partial charge in [0.15, 0.2) is 0 Å². The van der Waals surface area contributed by atoms with Crippen molar-refractivity contribution in [1.29, 1.82) is 0 Å². The predicted molar refractivity (Wildman–Crippen MR) is 61.8 cm³/mol. The Hall–Kier alpha value is -0.610. The van der Waals surface area contributed by atoms with Crippen LogP contribution in [0.3, 0.4) is 0 Å². The third-order valence-electron chi connectivity index (χ3n) is 3.69. The largest absolute Gasteiger partial charge is 0.364 e. The van der Waals surface area contributed by atoms with Crippen molar-refractivity contribution in [3.8, 4) is 0 Å². The zero-order chi connectivity index (χ0) is 11.5. The van der Waals surface area contributed by atoms with Crippen molar-refractivity contribution in [1.82, 2.24) is 5.32 Å². The van der Waals surface area contributed by atoms with E-state index in [1.165, 1.54) is 12.8 Å². The molecule has 3 N–H and O–H groups in total. The molecular weight excluding hydrogens is 204 g/mol. The van der Waals surface area contributed by atoms with Crippen LogP contribution in [0, 0.1) is 11.8 Å². The number of ether oxygens (including phenoxy) is 1. The van der Waals surface area contributed by atoms with Gasteiger partial charge in [-0.05, 0) is 37.5 Å². The van der Waals surface area contributed by atoms with Gasteiger partial charge in [-0.3, -0.25) is 4.79 Å². The number of nitrogens with two attached hydrogens (primary N) is 1. The molecule has 1 amide bonds. The van der Waals surface area contributed by atoms with Gasteiger partial charge in [-0.1, -0.05) is 6.92 Å². The Bertz CT molecular complexity index is 253. The maximum Gasteiger partial charge on any atom is 0.249 e. The minimum atomic E-state index is -0.264. The molecule has 1 saturated carbocycles. The van der Waals surface area contributed by atoms with Crippen LogP contribution in [-0.2, 0) is 9.53 Å². The molecule has 2 aliphatic rings. The maximum atomic E-state index is 11.8. The summed E-state index contributed by atoms with van der Waals surface area (Å²) >= 11 is 0. The fraction of sp³-hybridized carbons (Fsp3) is 0.917. The number of hydrogen-bond acceptors (Lipinski definition) is 3. The average molecular weight is 226 g/mol. The topological polar surface area (TPSA) is 64.4 Å². The van der Waals surface area contributed by atoms with Crippen molar-refractivity contribution in [2.75, 3.05) is 13.1 Å². The molecule has 0 aromatic carbocycles. The van der Waals surface area contributed by atoms with Gasteiger partial charge in [0.1, 0.15) is 6.10 Å². The molecule has 92 valence electrons. The van der Waals surface area contributed by atoms with E-state index in [0.29, 0.717) is 12.5 Å². The van der Waals surface area contributed by atoms with Crippen molar-refractivity contribution >= 4 is 5.91 Å². The monoisotopic (exact) mass is 226 g/mol. The lowest BCUT2D eigenvalue weighted by atomic mass is 10.1. The molecule has 1 heterocycles. The smallest absolute Gasteiger partial charge is 0.249 e. The molecule has 2 rings (SSSR count). The molecule has 3 unspecified atom stereocenters. The Labute approximate surface area is 96.9 Å². The van der Waals surface area contributed by atoms with Gasteiger partial charge in [-0.15, -0.1) is 0 Å². The summed E-state index contributed by atoms with van der Waals surface area (Å²) in [5, 5.41) is 2.99. The molecule has 0 bridgehead atoms. The van der Waals surface area contributed by atoms with Gasteiger partial charge in [0.2, 0.25) is 5.91 Å². The molecule has 4 heteroatoms. The van der Waals surface area contributed by atoms with Crippen LogP contribution >= 0.6 is 0 Å². The van der Waals surface area contributed by atoms with Crippen molar-refractivity contribution < 1.29 is 9.53 Å². The second-order valence-electron chi connectivity index (χ2n) is 5.12. The van der Waals surface area contributed by atoms with E-state index in [4.69, 9.17) is 10.5 Å². The van der Waals surface area contributed by atoms with Crippen molar-refractivity contribution in [3.63, 3.8) is 0 Å². The highest BCUT2D eigenvalue weighted by atomic mass is 16.5. The van der Waals surface area contributed by atoms with E-state index in [0.717, 1.165) is 25.3 Å². The number of carbonyl (C=O) groups excluding carboxylic acids is 1. The van der Waals surface area contributed by atoms with E-state index >= 15 is 0 Å². The van der Waals surface area contributed by atoms with E-state index in [1.807, 2.05) is 0 Å². The normalized spacial score (nSPS) is 31.4. The van der Waals surface area contributed by atoms with Crippen molar-refractivity contribution in [3.05, 3.63) is 0 Å². The summed E-state index contributed by atoms with van der Waals surface area (Å²) in [4.78, 5) is 11.8. The zero-order valence-corrected chi connectivity index (χ0v) is 9.95. The molecule has 3 atom stereocenters. The van der Waals surface area contributed by atoms with Crippen LogP contribution in [0.1, 0.15) is 32.6 Å². The van der Waals surface area contributed by atoms with Crippen LogP contribution in [0.5, 0.6) is 0 Å². The molecule has 4 nitrogen and oxygen atoms in total. The molecular formula is C12H22N2O2. The first-order valence-electron chi connectivity index (χ1n) is 6.34. The lowest BCUT2D eigenvalue weighted by Crippen LogP contribution is -2.38. The summed E-state index contributed by atoms with van der Waals surface area (Å²) in [5.41, 5.74) is 5.51. The van der Waals surface area contributed by atoms with Gasteiger partial charge < -0.3 is 15.8 Å². The molecule has 0 aromatic heterocycles. The summed E-state index contributed by atoms with van der Waals surface area (Å²) in [7, 11) is 0. The van der Waals surface area contributed by atoms with Gasteiger partial charge in [-0.2, -0.15) is 0 Å². The highest BCUT2D eigenvalue weighted by Crippen LogP contribution is 2.36.